The molecular formula is C17H25N5O2. The summed E-state index contributed by atoms with van der Waals surface area (Å²) in [5.74, 6) is 1.20. The largest absolute Gasteiger partial charge is 0.361 e. The molecule has 0 aliphatic rings. The minimum absolute atomic E-state index is 0.0661. The second kappa shape index (κ2) is 6.98. The van der Waals surface area contributed by atoms with E-state index in [0.717, 1.165) is 22.7 Å². The van der Waals surface area contributed by atoms with Crippen molar-refractivity contribution in [3.05, 3.63) is 34.8 Å². The lowest BCUT2D eigenvalue weighted by molar-refractivity contribution is 0.249. The molecule has 2 aromatic heterocycles. The Bertz CT molecular complexity index is 681. The molecule has 0 aromatic carbocycles. The predicted octanol–water partition coefficient (Wildman–Crippen LogP) is 3.13. The van der Waals surface area contributed by atoms with Crippen LogP contribution in [0.25, 0.3) is 0 Å². The number of rotatable bonds is 4. The van der Waals surface area contributed by atoms with E-state index < -0.39 is 0 Å². The summed E-state index contributed by atoms with van der Waals surface area (Å²) in [4.78, 5) is 12.1. The molecule has 2 amide bonds. The van der Waals surface area contributed by atoms with E-state index in [4.69, 9.17) is 4.52 Å². The average Bonchev–Trinajstić information content (AvgIpc) is 2.78. The summed E-state index contributed by atoms with van der Waals surface area (Å²) in [6.07, 6.45) is 0.656. The number of carbonyl (C=O) groups excluding carboxylic acids is 1. The highest BCUT2D eigenvalue weighted by Crippen LogP contribution is 2.19. The van der Waals surface area contributed by atoms with Gasteiger partial charge in [-0.05, 0) is 39.3 Å². The Kier molecular flexibility index (Phi) is 5.21. The van der Waals surface area contributed by atoms with Gasteiger partial charge in [0.1, 0.15) is 5.76 Å². The van der Waals surface area contributed by atoms with Gasteiger partial charge in [0, 0.05) is 17.0 Å². The third kappa shape index (κ3) is 4.53. The van der Waals surface area contributed by atoms with Gasteiger partial charge in [0.2, 0.25) is 0 Å². The van der Waals surface area contributed by atoms with Gasteiger partial charge in [0.25, 0.3) is 0 Å². The van der Waals surface area contributed by atoms with Crippen molar-refractivity contribution in [2.24, 2.45) is 0 Å². The van der Waals surface area contributed by atoms with Gasteiger partial charge in [-0.3, -0.25) is 5.32 Å². The van der Waals surface area contributed by atoms with Crippen molar-refractivity contribution in [1.82, 2.24) is 20.7 Å². The lowest BCUT2D eigenvalue weighted by atomic mass is 9.92. The average molecular weight is 331 g/mol. The molecule has 0 aliphatic heterocycles. The molecule has 2 N–H and O–H groups in total. The zero-order valence-corrected chi connectivity index (χ0v) is 15.1. The Morgan fingerprint density at radius 2 is 1.96 bits per heavy atom. The van der Waals surface area contributed by atoms with Gasteiger partial charge in [-0.15, -0.1) is 5.10 Å². The van der Waals surface area contributed by atoms with E-state index in [9.17, 15) is 4.79 Å². The number of carbonyl (C=O) groups is 1. The summed E-state index contributed by atoms with van der Waals surface area (Å²) in [6, 6.07) is 3.25. The van der Waals surface area contributed by atoms with Crippen LogP contribution in [-0.4, -0.2) is 27.4 Å². The first-order valence-electron chi connectivity index (χ1n) is 8.00. The third-order valence-electron chi connectivity index (χ3n) is 3.74. The van der Waals surface area contributed by atoms with Gasteiger partial charge in [0.15, 0.2) is 5.82 Å². The number of urea groups is 1. The van der Waals surface area contributed by atoms with Gasteiger partial charge >= 0.3 is 6.03 Å². The summed E-state index contributed by atoms with van der Waals surface area (Å²) in [5.41, 5.74) is 2.68. The molecule has 2 aromatic rings. The van der Waals surface area contributed by atoms with E-state index in [0.29, 0.717) is 12.2 Å². The molecule has 0 saturated heterocycles. The van der Waals surface area contributed by atoms with Crippen molar-refractivity contribution in [3.8, 4) is 0 Å². The van der Waals surface area contributed by atoms with Gasteiger partial charge in [-0.2, -0.15) is 5.10 Å². The molecule has 2 rings (SSSR count). The molecule has 0 radical (unpaired) electrons. The molecular weight excluding hydrogens is 306 g/mol. The molecule has 0 fully saturated rings. The molecule has 0 saturated carbocycles. The maximum Gasteiger partial charge on any atom is 0.320 e. The highest BCUT2D eigenvalue weighted by molar-refractivity contribution is 5.88. The molecule has 7 nitrogen and oxygen atoms in total. The first-order valence-corrected chi connectivity index (χ1v) is 8.00. The summed E-state index contributed by atoms with van der Waals surface area (Å²) < 4.78 is 5.14. The maximum atomic E-state index is 12.1. The Morgan fingerprint density at radius 3 is 2.46 bits per heavy atom. The van der Waals surface area contributed by atoms with Crippen molar-refractivity contribution >= 4 is 11.8 Å². The smallest absolute Gasteiger partial charge is 0.320 e. The quantitative estimate of drug-likeness (QED) is 0.898. The van der Waals surface area contributed by atoms with Crippen LogP contribution in [0, 0.1) is 13.8 Å². The Hall–Kier alpha value is -2.44. The number of anilines is 1. The van der Waals surface area contributed by atoms with Crippen LogP contribution in [0.4, 0.5) is 10.6 Å². The van der Waals surface area contributed by atoms with E-state index in [2.05, 4.69) is 46.8 Å². The van der Waals surface area contributed by atoms with E-state index in [1.54, 1.807) is 6.07 Å². The zero-order valence-electron chi connectivity index (χ0n) is 15.1. The normalized spacial score (nSPS) is 12.8. The van der Waals surface area contributed by atoms with Crippen LogP contribution in [0.5, 0.6) is 0 Å². The monoisotopic (exact) mass is 331 g/mol. The lowest BCUT2D eigenvalue weighted by Gasteiger charge is -2.17. The van der Waals surface area contributed by atoms with Crippen LogP contribution < -0.4 is 10.6 Å². The number of aromatic nitrogens is 3. The van der Waals surface area contributed by atoms with Crippen LogP contribution in [0.2, 0.25) is 0 Å². The topological polar surface area (TPSA) is 92.9 Å². The van der Waals surface area contributed by atoms with Crippen molar-refractivity contribution < 1.29 is 9.32 Å². The number of aryl methyl sites for hydroxylation is 2. The number of nitrogens with one attached hydrogen (secondary N) is 2. The number of amides is 2. The second-order valence-corrected chi connectivity index (χ2v) is 7.06. The fourth-order valence-electron chi connectivity index (χ4n) is 2.33. The van der Waals surface area contributed by atoms with Crippen molar-refractivity contribution in [2.45, 2.75) is 59.4 Å². The van der Waals surface area contributed by atoms with E-state index in [-0.39, 0.29) is 17.5 Å². The summed E-state index contributed by atoms with van der Waals surface area (Å²) in [5, 5.41) is 17.7. The van der Waals surface area contributed by atoms with Gasteiger partial charge < -0.3 is 9.84 Å². The number of nitrogens with zero attached hydrogens (tertiary/aromatic N) is 3. The van der Waals surface area contributed by atoms with Crippen LogP contribution in [-0.2, 0) is 11.8 Å². The van der Waals surface area contributed by atoms with Gasteiger partial charge in [-0.1, -0.05) is 25.9 Å². The summed E-state index contributed by atoms with van der Waals surface area (Å²) >= 11 is 0. The fraction of sp³-hybridized carbons (Fsp3) is 0.529. The Labute approximate surface area is 142 Å². The van der Waals surface area contributed by atoms with Gasteiger partial charge in [0.05, 0.1) is 11.4 Å². The van der Waals surface area contributed by atoms with Crippen LogP contribution in [0.15, 0.2) is 16.7 Å². The Morgan fingerprint density at radius 1 is 1.25 bits per heavy atom. The van der Waals surface area contributed by atoms with Crippen LogP contribution >= 0.6 is 0 Å². The maximum absolute atomic E-state index is 12.1. The molecule has 0 spiro atoms. The van der Waals surface area contributed by atoms with E-state index >= 15 is 0 Å². The Balaban J connectivity index is 1.91. The standard InChI is InChI=1S/C17H25N5O2/c1-10(9-13-11(2)22-24-12(13)3)18-16(23)19-15-8-7-14(20-21-15)17(4,5)6/h7-8,10H,9H2,1-6H3,(H2,18,19,21,23)/t10-/m1/s1. The molecule has 130 valence electrons. The highest BCUT2D eigenvalue weighted by atomic mass is 16.5. The molecule has 24 heavy (non-hydrogen) atoms. The molecule has 2 heterocycles. The third-order valence-corrected chi connectivity index (χ3v) is 3.74. The molecule has 0 aliphatic carbocycles. The first-order chi connectivity index (χ1) is 11.2. The summed E-state index contributed by atoms with van der Waals surface area (Å²) in [7, 11) is 0. The molecule has 7 heteroatoms. The van der Waals surface area contributed by atoms with Crippen molar-refractivity contribution in [1.29, 1.82) is 0 Å². The van der Waals surface area contributed by atoms with Crippen LogP contribution in [0.3, 0.4) is 0 Å². The van der Waals surface area contributed by atoms with Crippen LogP contribution in [0.1, 0.15) is 50.4 Å². The van der Waals surface area contributed by atoms with E-state index in [1.165, 1.54) is 0 Å². The van der Waals surface area contributed by atoms with Gasteiger partial charge in [-0.25, -0.2) is 4.79 Å². The van der Waals surface area contributed by atoms with E-state index in [1.807, 2.05) is 26.8 Å². The fourth-order valence-corrected chi connectivity index (χ4v) is 2.33. The second-order valence-electron chi connectivity index (χ2n) is 7.06. The number of hydrogen-bond donors (Lipinski definition) is 2. The molecule has 1 atom stereocenters. The number of hydrogen-bond acceptors (Lipinski definition) is 5. The summed E-state index contributed by atoms with van der Waals surface area (Å²) in [6.45, 7) is 11.9. The highest BCUT2D eigenvalue weighted by Gasteiger charge is 2.17. The molecule has 0 unspecified atom stereocenters. The predicted molar refractivity (Wildman–Crippen MR) is 92.0 cm³/mol. The minimum atomic E-state index is -0.313. The molecule has 0 bridgehead atoms. The zero-order chi connectivity index (χ0) is 17.9. The minimum Gasteiger partial charge on any atom is -0.361 e. The first kappa shape index (κ1) is 17.9. The van der Waals surface area contributed by atoms with Crippen molar-refractivity contribution in [3.63, 3.8) is 0 Å². The SMILES string of the molecule is Cc1noc(C)c1C[C@@H](C)NC(=O)Nc1ccc(C(C)(C)C)nn1. The van der Waals surface area contributed by atoms with Crippen molar-refractivity contribution in [2.75, 3.05) is 5.32 Å². The lowest BCUT2D eigenvalue weighted by Crippen LogP contribution is -2.37.